The molecule has 0 radical (unpaired) electrons. The molecule has 2 heterocycles. The third-order valence-electron chi connectivity index (χ3n) is 2.76. The Hall–Kier alpha value is -1.29. The molecule has 0 saturated carbocycles. The number of hydrogen-bond donors (Lipinski definition) is 0. The molecule has 1 aliphatic rings. The maximum atomic E-state index is 5.58. The minimum atomic E-state index is 0.596. The molecule has 0 atom stereocenters. The molecule has 4 nitrogen and oxygen atoms in total. The van der Waals surface area contributed by atoms with Crippen LogP contribution in [0.15, 0.2) is 18.2 Å². The first-order valence-electron chi connectivity index (χ1n) is 5.75. The Balaban J connectivity index is 1.75. The van der Waals surface area contributed by atoms with Gasteiger partial charge in [-0.25, -0.2) is 0 Å². The van der Waals surface area contributed by atoms with E-state index in [1.807, 2.05) is 18.2 Å². The zero-order valence-corrected chi connectivity index (χ0v) is 9.69. The third-order valence-corrected chi connectivity index (χ3v) is 2.76. The lowest BCUT2D eigenvalue weighted by atomic mass is 10.4. The highest BCUT2D eigenvalue weighted by Crippen LogP contribution is 2.13. The van der Waals surface area contributed by atoms with Crippen LogP contribution in [0.25, 0.3) is 0 Å². The van der Waals surface area contributed by atoms with Crippen molar-refractivity contribution < 1.29 is 9.47 Å². The fraction of sp³-hybridized carbons (Fsp3) is 0.583. The molecular weight excluding hydrogens is 204 g/mol. The van der Waals surface area contributed by atoms with Crippen LogP contribution in [-0.2, 0) is 0 Å². The van der Waals surface area contributed by atoms with Gasteiger partial charge in [0.2, 0.25) is 11.8 Å². The number of nitrogens with zero attached hydrogens (tertiary/aromatic N) is 2. The van der Waals surface area contributed by atoms with Gasteiger partial charge in [-0.2, -0.15) is 4.98 Å². The van der Waals surface area contributed by atoms with Gasteiger partial charge in [-0.3, -0.25) is 4.90 Å². The Morgan fingerprint density at radius 1 is 1.25 bits per heavy atom. The lowest BCUT2D eigenvalue weighted by Gasteiger charge is -2.14. The van der Waals surface area contributed by atoms with Gasteiger partial charge in [-0.05, 0) is 25.9 Å². The van der Waals surface area contributed by atoms with Crippen molar-refractivity contribution in [3.05, 3.63) is 18.2 Å². The number of ether oxygens (including phenoxy) is 2. The summed E-state index contributed by atoms with van der Waals surface area (Å²) in [5, 5.41) is 0. The van der Waals surface area contributed by atoms with Gasteiger partial charge in [-0.15, -0.1) is 0 Å². The fourth-order valence-electron chi connectivity index (χ4n) is 1.88. The van der Waals surface area contributed by atoms with E-state index < -0.39 is 0 Å². The average Bonchev–Trinajstić information content (AvgIpc) is 2.82. The third kappa shape index (κ3) is 3.10. The summed E-state index contributed by atoms with van der Waals surface area (Å²) < 4.78 is 10.6. The maximum Gasteiger partial charge on any atom is 0.216 e. The zero-order chi connectivity index (χ0) is 11.2. The van der Waals surface area contributed by atoms with Gasteiger partial charge in [0.1, 0.15) is 6.61 Å². The first kappa shape index (κ1) is 11.2. The van der Waals surface area contributed by atoms with E-state index in [0.29, 0.717) is 18.4 Å². The van der Waals surface area contributed by atoms with Gasteiger partial charge in [0.15, 0.2) is 0 Å². The maximum absolute atomic E-state index is 5.58. The van der Waals surface area contributed by atoms with Crippen LogP contribution in [0.5, 0.6) is 11.8 Å². The molecule has 1 aliphatic heterocycles. The Kier molecular flexibility index (Phi) is 3.99. The summed E-state index contributed by atoms with van der Waals surface area (Å²) >= 11 is 0. The van der Waals surface area contributed by atoms with Crippen molar-refractivity contribution in [2.45, 2.75) is 12.8 Å². The summed E-state index contributed by atoms with van der Waals surface area (Å²) in [7, 11) is 1.61. The normalized spacial score (nSPS) is 16.3. The minimum absolute atomic E-state index is 0.596. The molecule has 1 aromatic heterocycles. The van der Waals surface area contributed by atoms with Crippen LogP contribution in [0.4, 0.5) is 0 Å². The summed E-state index contributed by atoms with van der Waals surface area (Å²) in [5.41, 5.74) is 0. The summed E-state index contributed by atoms with van der Waals surface area (Å²) in [4.78, 5) is 6.61. The van der Waals surface area contributed by atoms with Crippen LogP contribution in [0, 0.1) is 0 Å². The molecule has 1 aromatic rings. The van der Waals surface area contributed by atoms with E-state index in [0.717, 1.165) is 6.54 Å². The predicted molar refractivity (Wildman–Crippen MR) is 62.0 cm³/mol. The van der Waals surface area contributed by atoms with Crippen LogP contribution in [0.3, 0.4) is 0 Å². The van der Waals surface area contributed by atoms with Crippen LogP contribution < -0.4 is 9.47 Å². The van der Waals surface area contributed by atoms with Crippen LogP contribution in [0.1, 0.15) is 12.8 Å². The molecular formula is C12H18N2O2. The quantitative estimate of drug-likeness (QED) is 0.757. The second kappa shape index (κ2) is 5.70. The lowest BCUT2D eigenvalue weighted by molar-refractivity contribution is 0.230. The van der Waals surface area contributed by atoms with Crippen molar-refractivity contribution in [3.8, 4) is 11.8 Å². The standard InChI is InChI=1S/C12H18N2O2/c1-15-11-5-4-6-12(13-11)16-10-9-14-7-2-3-8-14/h4-6H,2-3,7-10H2,1H3. The van der Waals surface area contributed by atoms with Gasteiger partial charge < -0.3 is 9.47 Å². The molecule has 0 bridgehead atoms. The Labute approximate surface area is 96.2 Å². The number of rotatable bonds is 5. The molecule has 1 fully saturated rings. The molecule has 0 aliphatic carbocycles. The highest BCUT2D eigenvalue weighted by molar-refractivity contribution is 5.19. The monoisotopic (exact) mass is 222 g/mol. The second-order valence-corrected chi connectivity index (χ2v) is 3.92. The highest BCUT2D eigenvalue weighted by atomic mass is 16.5. The van der Waals surface area contributed by atoms with E-state index in [9.17, 15) is 0 Å². The number of hydrogen-bond acceptors (Lipinski definition) is 4. The van der Waals surface area contributed by atoms with E-state index in [1.165, 1.54) is 25.9 Å². The smallest absolute Gasteiger partial charge is 0.216 e. The Bertz CT molecular complexity index is 325. The summed E-state index contributed by atoms with van der Waals surface area (Å²) in [6, 6.07) is 5.55. The highest BCUT2D eigenvalue weighted by Gasteiger charge is 2.10. The van der Waals surface area contributed by atoms with Crippen LogP contribution >= 0.6 is 0 Å². The summed E-state index contributed by atoms with van der Waals surface area (Å²) in [6.07, 6.45) is 2.63. The molecule has 16 heavy (non-hydrogen) atoms. The van der Waals surface area contributed by atoms with Crippen molar-refractivity contribution in [2.75, 3.05) is 33.4 Å². The largest absolute Gasteiger partial charge is 0.481 e. The first-order chi connectivity index (χ1) is 7.88. The van der Waals surface area contributed by atoms with Crippen LogP contribution in [-0.4, -0.2) is 43.2 Å². The molecule has 0 amide bonds. The number of pyridine rings is 1. The topological polar surface area (TPSA) is 34.6 Å². The molecule has 0 spiro atoms. The Morgan fingerprint density at radius 2 is 2.00 bits per heavy atom. The average molecular weight is 222 g/mol. The van der Waals surface area contributed by atoms with Gasteiger partial charge in [-0.1, -0.05) is 6.07 Å². The lowest BCUT2D eigenvalue weighted by Crippen LogP contribution is -2.25. The van der Waals surface area contributed by atoms with Gasteiger partial charge in [0, 0.05) is 18.7 Å². The first-order valence-corrected chi connectivity index (χ1v) is 5.75. The van der Waals surface area contributed by atoms with Gasteiger partial charge in [0.05, 0.1) is 7.11 Å². The summed E-state index contributed by atoms with van der Waals surface area (Å²) in [6.45, 7) is 4.09. The van der Waals surface area contributed by atoms with Gasteiger partial charge in [0.25, 0.3) is 0 Å². The molecule has 4 heteroatoms. The minimum Gasteiger partial charge on any atom is -0.481 e. The van der Waals surface area contributed by atoms with E-state index in [-0.39, 0.29) is 0 Å². The predicted octanol–water partition coefficient (Wildman–Crippen LogP) is 1.56. The van der Waals surface area contributed by atoms with Crippen LogP contribution in [0.2, 0.25) is 0 Å². The molecule has 2 rings (SSSR count). The zero-order valence-electron chi connectivity index (χ0n) is 9.69. The summed E-state index contributed by atoms with van der Waals surface area (Å²) in [5.74, 6) is 1.23. The van der Waals surface area contributed by atoms with Crippen molar-refractivity contribution in [3.63, 3.8) is 0 Å². The number of aromatic nitrogens is 1. The van der Waals surface area contributed by atoms with Crippen molar-refractivity contribution >= 4 is 0 Å². The van der Waals surface area contributed by atoms with E-state index in [4.69, 9.17) is 9.47 Å². The van der Waals surface area contributed by atoms with E-state index in [2.05, 4.69) is 9.88 Å². The molecule has 0 aromatic carbocycles. The molecule has 88 valence electrons. The fourth-order valence-corrected chi connectivity index (χ4v) is 1.88. The number of likely N-dealkylation sites (tertiary alicyclic amines) is 1. The molecule has 0 unspecified atom stereocenters. The van der Waals surface area contributed by atoms with Crippen molar-refractivity contribution in [1.29, 1.82) is 0 Å². The van der Waals surface area contributed by atoms with Crippen molar-refractivity contribution in [2.24, 2.45) is 0 Å². The second-order valence-electron chi connectivity index (χ2n) is 3.92. The SMILES string of the molecule is COc1cccc(OCCN2CCCC2)n1. The van der Waals surface area contributed by atoms with E-state index >= 15 is 0 Å². The Morgan fingerprint density at radius 3 is 2.75 bits per heavy atom. The van der Waals surface area contributed by atoms with Crippen molar-refractivity contribution in [1.82, 2.24) is 9.88 Å². The van der Waals surface area contributed by atoms with Gasteiger partial charge >= 0.3 is 0 Å². The van der Waals surface area contributed by atoms with E-state index in [1.54, 1.807) is 7.11 Å². The molecule has 0 N–H and O–H groups in total. The number of methoxy groups -OCH3 is 1. The molecule has 1 saturated heterocycles.